The monoisotopic (exact) mass is 223 g/mol. The van der Waals surface area contributed by atoms with E-state index in [1.807, 2.05) is 6.92 Å². The first-order chi connectivity index (χ1) is 7.75. The zero-order chi connectivity index (χ0) is 11.4. The van der Waals surface area contributed by atoms with Crippen LogP contribution in [0.1, 0.15) is 37.5 Å². The predicted molar refractivity (Wildman–Crippen MR) is 63.3 cm³/mol. The van der Waals surface area contributed by atoms with Crippen molar-refractivity contribution in [2.75, 3.05) is 19.6 Å². The summed E-state index contributed by atoms with van der Waals surface area (Å²) >= 11 is 0. The van der Waals surface area contributed by atoms with Gasteiger partial charge in [0.2, 0.25) is 5.89 Å². The highest BCUT2D eigenvalue weighted by Gasteiger charge is 2.16. The van der Waals surface area contributed by atoms with Crippen molar-refractivity contribution in [2.24, 2.45) is 5.92 Å². The zero-order valence-corrected chi connectivity index (χ0v) is 10.1. The maximum atomic E-state index is 5.50. The molecule has 0 radical (unpaired) electrons. The lowest BCUT2D eigenvalue weighted by atomic mass is 9.98. The van der Waals surface area contributed by atoms with Crippen LogP contribution in [0.4, 0.5) is 0 Å². The average Bonchev–Trinajstić information content (AvgIpc) is 2.74. The molecule has 1 aromatic heterocycles. The van der Waals surface area contributed by atoms with Crippen molar-refractivity contribution in [3.63, 3.8) is 0 Å². The predicted octanol–water partition coefficient (Wildman–Crippen LogP) is 1.63. The fourth-order valence-corrected chi connectivity index (χ4v) is 2.09. The minimum atomic E-state index is 0.212. The first kappa shape index (κ1) is 11.6. The average molecular weight is 223 g/mol. The molecule has 1 unspecified atom stereocenters. The van der Waals surface area contributed by atoms with Gasteiger partial charge < -0.3 is 15.1 Å². The van der Waals surface area contributed by atoms with Gasteiger partial charge in [0.15, 0.2) is 0 Å². The van der Waals surface area contributed by atoms with Gasteiger partial charge in [0.25, 0.3) is 0 Å². The number of aryl methyl sites for hydroxylation is 1. The van der Waals surface area contributed by atoms with Crippen LogP contribution >= 0.6 is 0 Å². The molecule has 2 heterocycles. The summed E-state index contributed by atoms with van der Waals surface area (Å²) < 4.78 is 5.50. The van der Waals surface area contributed by atoms with Crippen molar-refractivity contribution < 1.29 is 4.42 Å². The molecule has 90 valence electrons. The summed E-state index contributed by atoms with van der Waals surface area (Å²) in [5, 5.41) is 6.88. The van der Waals surface area contributed by atoms with Crippen molar-refractivity contribution in [2.45, 2.75) is 32.7 Å². The Bertz CT molecular complexity index is 318. The van der Waals surface area contributed by atoms with Gasteiger partial charge in [-0.05, 0) is 52.2 Å². The van der Waals surface area contributed by atoms with Crippen molar-refractivity contribution in [1.29, 1.82) is 0 Å². The number of piperidine rings is 1. The minimum Gasteiger partial charge on any atom is -0.444 e. The molecule has 2 N–H and O–H groups in total. The number of aromatic nitrogens is 1. The third-order valence-electron chi connectivity index (χ3n) is 3.18. The van der Waals surface area contributed by atoms with Gasteiger partial charge in [-0.25, -0.2) is 4.98 Å². The number of hydrogen-bond acceptors (Lipinski definition) is 4. The Morgan fingerprint density at radius 3 is 2.94 bits per heavy atom. The van der Waals surface area contributed by atoms with E-state index >= 15 is 0 Å². The van der Waals surface area contributed by atoms with Crippen LogP contribution in [0.25, 0.3) is 0 Å². The Morgan fingerprint density at radius 2 is 2.31 bits per heavy atom. The Morgan fingerprint density at radius 1 is 1.56 bits per heavy atom. The SMILES string of the molecule is Cc1cnc(C(C)NCC2CCNCC2)o1. The fourth-order valence-electron chi connectivity index (χ4n) is 2.09. The number of nitrogens with one attached hydrogen (secondary N) is 2. The Kier molecular flexibility index (Phi) is 3.96. The van der Waals surface area contributed by atoms with Crippen LogP contribution in [0.2, 0.25) is 0 Å². The summed E-state index contributed by atoms with van der Waals surface area (Å²) in [6, 6.07) is 0.212. The highest BCUT2D eigenvalue weighted by molar-refractivity contribution is 4.95. The number of nitrogens with zero attached hydrogens (tertiary/aromatic N) is 1. The van der Waals surface area contributed by atoms with Crippen LogP contribution < -0.4 is 10.6 Å². The van der Waals surface area contributed by atoms with Crippen LogP contribution in [-0.2, 0) is 0 Å². The van der Waals surface area contributed by atoms with Crippen molar-refractivity contribution in [3.8, 4) is 0 Å². The van der Waals surface area contributed by atoms with E-state index < -0.39 is 0 Å². The van der Waals surface area contributed by atoms with Crippen molar-refractivity contribution in [3.05, 3.63) is 17.8 Å². The normalized spacial score (nSPS) is 19.9. The molecule has 0 aromatic carbocycles. The molecule has 0 aliphatic carbocycles. The molecule has 2 rings (SSSR count). The Hall–Kier alpha value is -0.870. The molecule has 0 saturated carbocycles. The van der Waals surface area contributed by atoms with E-state index in [1.54, 1.807) is 6.20 Å². The van der Waals surface area contributed by atoms with Gasteiger partial charge in [0, 0.05) is 0 Å². The van der Waals surface area contributed by atoms with E-state index in [0.29, 0.717) is 0 Å². The smallest absolute Gasteiger partial charge is 0.211 e. The summed E-state index contributed by atoms with van der Waals surface area (Å²) in [6.45, 7) is 7.39. The Labute approximate surface area is 96.8 Å². The molecule has 4 heteroatoms. The van der Waals surface area contributed by atoms with E-state index in [1.165, 1.54) is 12.8 Å². The number of hydrogen-bond donors (Lipinski definition) is 2. The fraction of sp³-hybridized carbons (Fsp3) is 0.750. The topological polar surface area (TPSA) is 50.1 Å². The van der Waals surface area contributed by atoms with E-state index in [0.717, 1.165) is 37.2 Å². The summed E-state index contributed by atoms with van der Waals surface area (Å²) in [5.41, 5.74) is 0. The van der Waals surface area contributed by atoms with Crippen LogP contribution in [0, 0.1) is 12.8 Å². The molecule has 1 saturated heterocycles. The highest BCUT2D eigenvalue weighted by Crippen LogP contribution is 2.15. The summed E-state index contributed by atoms with van der Waals surface area (Å²) in [7, 11) is 0. The van der Waals surface area contributed by atoms with E-state index in [2.05, 4.69) is 22.5 Å². The lowest BCUT2D eigenvalue weighted by molar-refractivity contribution is 0.326. The van der Waals surface area contributed by atoms with Gasteiger partial charge in [0.05, 0.1) is 12.2 Å². The third kappa shape index (κ3) is 3.06. The molecule has 1 aliphatic rings. The highest BCUT2D eigenvalue weighted by atomic mass is 16.4. The molecule has 0 bridgehead atoms. The molecule has 1 aliphatic heterocycles. The van der Waals surface area contributed by atoms with Gasteiger partial charge in [-0.15, -0.1) is 0 Å². The first-order valence-corrected chi connectivity index (χ1v) is 6.12. The van der Waals surface area contributed by atoms with Gasteiger partial charge in [-0.2, -0.15) is 0 Å². The molecule has 0 spiro atoms. The Balaban J connectivity index is 1.76. The van der Waals surface area contributed by atoms with E-state index in [9.17, 15) is 0 Å². The van der Waals surface area contributed by atoms with Crippen LogP contribution in [0.5, 0.6) is 0 Å². The maximum absolute atomic E-state index is 5.50. The van der Waals surface area contributed by atoms with Gasteiger partial charge in [0.1, 0.15) is 5.76 Å². The second-order valence-electron chi connectivity index (χ2n) is 4.63. The molecule has 16 heavy (non-hydrogen) atoms. The molecular weight excluding hydrogens is 202 g/mol. The summed E-state index contributed by atoms with van der Waals surface area (Å²) in [6.07, 6.45) is 4.31. The zero-order valence-electron chi connectivity index (χ0n) is 10.1. The van der Waals surface area contributed by atoms with Crippen LogP contribution in [0.15, 0.2) is 10.6 Å². The molecule has 1 atom stereocenters. The molecular formula is C12H21N3O. The largest absolute Gasteiger partial charge is 0.444 e. The minimum absolute atomic E-state index is 0.212. The van der Waals surface area contributed by atoms with Gasteiger partial charge in [-0.1, -0.05) is 0 Å². The molecule has 0 amide bonds. The second kappa shape index (κ2) is 5.46. The number of rotatable bonds is 4. The van der Waals surface area contributed by atoms with Crippen LogP contribution in [-0.4, -0.2) is 24.6 Å². The summed E-state index contributed by atoms with van der Waals surface area (Å²) in [5.74, 6) is 2.47. The lowest BCUT2D eigenvalue weighted by Crippen LogP contribution is -2.34. The van der Waals surface area contributed by atoms with Crippen molar-refractivity contribution in [1.82, 2.24) is 15.6 Å². The molecule has 1 fully saturated rings. The molecule has 4 nitrogen and oxygen atoms in total. The third-order valence-corrected chi connectivity index (χ3v) is 3.18. The van der Waals surface area contributed by atoms with Crippen LogP contribution in [0.3, 0.4) is 0 Å². The van der Waals surface area contributed by atoms with E-state index in [4.69, 9.17) is 4.42 Å². The first-order valence-electron chi connectivity index (χ1n) is 6.12. The molecule has 1 aromatic rings. The number of oxazole rings is 1. The van der Waals surface area contributed by atoms with Gasteiger partial charge in [-0.3, -0.25) is 0 Å². The van der Waals surface area contributed by atoms with Gasteiger partial charge >= 0.3 is 0 Å². The summed E-state index contributed by atoms with van der Waals surface area (Å²) in [4.78, 5) is 4.24. The van der Waals surface area contributed by atoms with Crippen molar-refractivity contribution >= 4 is 0 Å². The second-order valence-corrected chi connectivity index (χ2v) is 4.63. The standard InChI is InChI=1S/C12H21N3O/c1-9-7-15-12(16-9)10(2)14-8-11-3-5-13-6-4-11/h7,10-11,13-14H,3-6,8H2,1-2H3. The lowest BCUT2D eigenvalue weighted by Gasteiger charge is -2.24. The van der Waals surface area contributed by atoms with E-state index in [-0.39, 0.29) is 6.04 Å². The quantitative estimate of drug-likeness (QED) is 0.814. The maximum Gasteiger partial charge on any atom is 0.211 e.